The molecule has 3 aromatic rings. The first-order chi connectivity index (χ1) is 20.4. The average molecular weight is 575 g/mol. The van der Waals surface area contributed by atoms with E-state index in [2.05, 4.69) is 25.5 Å². The van der Waals surface area contributed by atoms with Crippen molar-refractivity contribution in [3.63, 3.8) is 0 Å². The summed E-state index contributed by atoms with van der Waals surface area (Å²) in [7, 11) is 0. The lowest BCUT2D eigenvalue weighted by molar-refractivity contribution is -0.122. The van der Waals surface area contributed by atoms with E-state index < -0.39 is 0 Å². The minimum Gasteiger partial charge on any atom is -0.454 e. The fraction of sp³-hybridized carbons (Fsp3) is 0.500. The van der Waals surface area contributed by atoms with Crippen molar-refractivity contribution in [2.75, 3.05) is 31.3 Å². The highest BCUT2D eigenvalue weighted by Crippen LogP contribution is 2.34. The molecule has 4 heterocycles. The second-order valence-electron chi connectivity index (χ2n) is 11.3. The normalized spacial score (nSPS) is 19.4. The molecule has 6 rings (SSSR count). The van der Waals surface area contributed by atoms with Gasteiger partial charge in [0.2, 0.25) is 18.6 Å². The monoisotopic (exact) mass is 574 g/mol. The number of carbonyl (C=O) groups is 2. The van der Waals surface area contributed by atoms with E-state index in [9.17, 15) is 9.59 Å². The number of amides is 3. The van der Waals surface area contributed by atoms with Gasteiger partial charge in [-0.25, -0.2) is 14.8 Å². The summed E-state index contributed by atoms with van der Waals surface area (Å²) in [6.45, 7) is 5.57. The molecule has 2 N–H and O–H groups in total. The number of piperazine rings is 1. The number of nitrogens with one attached hydrogen (secondary N) is 2. The number of aromatic nitrogens is 4. The van der Waals surface area contributed by atoms with E-state index in [1.807, 2.05) is 43.0 Å². The molecule has 3 aliphatic rings. The lowest BCUT2D eigenvalue weighted by Crippen LogP contribution is -2.59. The van der Waals surface area contributed by atoms with E-state index in [1.54, 1.807) is 23.3 Å². The predicted octanol–water partition coefficient (Wildman–Crippen LogP) is 3.50. The molecule has 12 nitrogen and oxygen atoms in total. The van der Waals surface area contributed by atoms with Gasteiger partial charge < -0.3 is 29.9 Å². The molecule has 3 amide bonds. The van der Waals surface area contributed by atoms with Crippen molar-refractivity contribution in [1.82, 2.24) is 35.1 Å². The molecule has 1 aliphatic carbocycles. The number of benzene rings is 1. The van der Waals surface area contributed by atoms with Crippen LogP contribution in [-0.4, -0.2) is 74.9 Å². The van der Waals surface area contributed by atoms with Gasteiger partial charge in [0.1, 0.15) is 12.1 Å². The zero-order valence-electron chi connectivity index (χ0n) is 24.2. The van der Waals surface area contributed by atoms with E-state index in [0.717, 1.165) is 42.8 Å². The predicted molar refractivity (Wildman–Crippen MR) is 156 cm³/mol. The van der Waals surface area contributed by atoms with Crippen molar-refractivity contribution in [3.05, 3.63) is 54.2 Å². The SMILES string of the molecule is Cc1cc(N2CCN(C(=O)NC3CCCCC3)CC2CC(=O)NC(C)c2ccc3c(c2)OCO3)nc(-n2ccnc2)n1. The van der Waals surface area contributed by atoms with E-state index in [-0.39, 0.29) is 43.3 Å². The first kappa shape index (κ1) is 27.8. The zero-order chi connectivity index (χ0) is 29.1. The van der Waals surface area contributed by atoms with Crippen molar-refractivity contribution in [2.45, 2.75) is 70.5 Å². The summed E-state index contributed by atoms with van der Waals surface area (Å²) in [4.78, 5) is 44.3. The maximum absolute atomic E-state index is 13.5. The van der Waals surface area contributed by atoms with Gasteiger partial charge in [-0.15, -0.1) is 0 Å². The second-order valence-corrected chi connectivity index (χ2v) is 11.3. The zero-order valence-corrected chi connectivity index (χ0v) is 24.2. The lowest BCUT2D eigenvalue weighted by Gasteiger charge is -2.42. The maximum Gasteiger partial charge on any atom is 0.317 e. The number of imidazole rings is 1. The van der Waals surface area contributed by atoms with E-state index in [1.165, 1.54) is 6.42 Å². The van der Waals surface area contributed by atoms with Gasteiger partial charge in [0.15, 0.2) is 11.5 Å². The van der Waals surface area contributed by atoms with Gasteiger partial charge in [0.25, 0.3) is 0 Å². The highest BCUT2D eigenvalue weighted by Gasteiger charge is 2.33. The molecule has 12 heteroatoms. The molecule has 2 aliphatic heterocycles. The van der Waals surface area contributed by atoms with Crippen LogP contribution in [0.3, 0.4) is 0 Å². The molecule has 2 atom stereocenters. The third-order valence-electron chi connectivity index (χ3n) is 8.26. The number of hydrogen-bond acceptors (Lipinski definition) is 8. The summed E-state index contributed by atoms with van der Waals surface area (Å²) in [6.07, 6.45) is 10.9. The Bertz CT molecular complexity index is 1410. The molecule has 222 valence electrons. The van der Waals surface area contributed by atoms with E-state index >= 15 is 0 Å². The Balaban J connectivity index is 1.19. The minimum atomic E-state index is -0.273. The maximum atomic E-state index is 13.5. The van der Waals surface area contributed by atoms with Gasteiger partial charge in [-0.3, -0.25) is 9.36 Å². The summed E-state index contributed by atoms with van der Waals surface area (Å²) >= 11 is 0. The summed E-state index contributed by atoms with van der Waals surface area (Å²) in [5.41, 5.74) is 1.73. The van der Waals surface area contributed by atoms with Crippen molar-refractivity contribution < 1.29 is 19.1 Å². The van der Waals surface area contributed by atoms with Crippen LogP contribution in [0.4, 0.5) is 10.6 Å². The van der Waals surface area contributed by atoms with Gasteiger partial charge >= 0.3 is 6.03 Å². The van der Waals surface area contributed by atoms with E-state index in [4.69, 9.17) is 14.5 Å². The number of anilines is 1. The van der Waals surface area contributed by atoms with Crippen LogP contribution in [0.5, 0.6) is 11.5 Å². The Morgan fingerprint density at radius 1 is 1.07 bits per heavy atom. The standard InChI is InChI=1S/C30H38N8O4/c1-20-14-27(35-29(32-20)37-11-10-31-18-37)38-13-12-36(30(40)34-23-6-4-3-5-7-23)17-24(38)16-28(39)33-21(2)22-8-9-25-26(15-22)42-19-41-25/h8-11,14-15,18,21,23-24H,3-7,12-13,16-17,19H2,1-2H3,(H,33,39)(H,34,40). The molecular weight excluding hydrogens is 536 g/mol. The quantitative estimate of drug-likeness (QED) is 0.439. The molecule has 1 aromatic carbocycles. The number of nitrogens with zero attached hydrogens (tertiary/aromatic N) is 6. The number of carbonyl (C=O) groups excluding carboxylic acids is 2. The first-order valence-electron chi connectivity index (χ1n) is 14.8. The fourth-order valence-corrected chi connectivity index (χ4v) is 5.99. The van der Waals surface area contributed by atoms with Crippen LogP contribution in [0, 0.1) is 6.92 Å². The number of urea groups is 1. The molecule has 2 unspecified atom stereocenters. The van der Waals surface area contributed by atoms with Gasteiger partial charge in [-0.2, -0.15) is 4.98 Å². The van der Waals surface area contributed by atoms with Crippen molar-refractivity contribution in [1.29, 1.82) is 0 Å². The summed E-state index contributed by atoms with van der Waals surface area (Å²) in [6, 6.07) is 7.28. The van der Waals surface area contributed by atoms with Crippen LogP contribution in [0.2, 0.25) is 0 Å². The van der Waals surface area contributed by atoms with E-state index in [0.29, 0.717) is 37.1 Å². The largest absolute Gasteiger partial charge is 0.454 e. The van der Waals surface area contributed by atoms with Gasteiger partial charge in [-0.05, 0) is 44.4 Å². The van der Waals surface area contributed by atoms with Crippen molar-refractivity contribution in [2.24, 2.45) is 0 Å². The first-order valence-corrected chi connectivity index (χ1v) is 14.8. The third-order valence-corrected chi connectivity index (χ3v) is 8.26. The van der Waals surface area contributed by atoms with Crippen molar-refractivity contribution in [3.8, 4) is 17.4 Å². The van der Waals surface area contributed by atoms with Gasteiger partial charge in [0, 0.05) is 56.3 Å². The summed E-state index contributed by atoms with van der Waals surface area (Å²) in [5, 5.41) is 6.37. The second kappa shape index (κ2) is 12.3. The Kier molecular flexibility index (Phi) is 8.11. The Labute approximate surface area is 245 Å². The lowest BCUT2D eigenvalue weighted by atomic mass is 9.96. The Morgan fingerprint density at radius 2 is 1.90 bits per heavy atom. The molecule has 2 aromatic heterocycles. The van der Waals surface area contributed by atoms with Crippen LogP contribution in [0.25, 0.3) is 5.95 Å². The van der Waals surface area contributed by atoms with Crippen molar-refractivity contribution >= 4 is 17.8 Å². The van der Waals surface area contributed by atoms with Crippen LogP contribution in [-0.2, 0) is 4.79 Å². The van der Waals surface area contributed by atoms with Crippen LogP contribution < -0.4 is 25.0 Å². The number of rotatable bonds is 7. The van der Waals surface area contributed by atoms with Crippen LogP contribution in [0.15, 0.2) is 43.0 Å². The minimum absolute atomic E-state index is 0.0568. The Hall–Kier alpha value is -4.35. The molecule has 42 heavy (non-hydrogen) atoms. The Morgan fingerprint density at radius 3 is 2.71 bits per heavy atom. The molecule has 0 spiro atoms. The molecule has 1 saturated carbocycles. The highest BCUT2D eigenvalue weighted by atomic mass is 16.7. The van der Waals surface area contributed by atoms with Gasteiger partial charge in [-0.1, -0.05) is 25.3 Å². The molecule has 0 radical (unpaired) electrons. The third kappa shape index (κ3) is 6.27. The highest BCUT2D eigenvalue weighted by molar-refractivity contribution is 5.79. The number of hydrogen-bond donors (Lipinski definition) is 2. The summed E-state index contributed by atoms with van der Waals surface area (Å²) in [5.74, 6) is 2.52. The number of aryl methyl sites for hydroxylation is 1. The number of fused-ring (bicyclic) bond motifs is 1. The topological polar surface area (TPSA) is 127 Å². The molecular formula is C30H38N8O4. The average Bonchev–Trinajstić information content (AvgIpc) is 3.70. The van der Waals surface area contributed by atoms with Crippen LogP contribution >= 0.6 is 0 Å². The molecule has 1 saturated heterocycles. The smallest absolute Gasteiger partial charge is 0.317 e. The number of ether oxygens (including phenoxy) is 2. The molecule has 2 fully saturated rings. The van der Waals surface area contributed by atoms with Crippen LogP contribution in [0.1, 0.15) is 62.7 Å². The van der Waals surface area contributed by atoms with Gasteiger partial charge in [0.05, 0.1) is 12.1 Å². The molecule has 0 bridgehead atoms. The summed E-state index contributed by atoms with van der Waals surface area (Å²) < 4.78 is 12.7. The fourth-order valence-electron chi connectivity index (χ4n) is 5.99.